The smallest absolute Gasteiger partial charge is 0.319 e. The van der Waals surface area contributed by atoms with Crippen LogP contribution >= 0.6 is 11.8 Å². The number of carbonyl (C=O) groups is 1. The van der Waals surface area contributed by atoms with Crippen LogP contribution in [0.1, 0.15) is 41.6 Å². The molecule has 2 heterocycles. The van der Waals surface area contributed by atoms with Crippen molar-refractivity contribution in [1.29, 1.82) is 0 Å². The second kappa shape index (κ2) is 18.4. The highest BCUT2D eigenvalue weighted by atomic mass is 32.2. The Morgan fingerprint density at radius 2 is 1.31 bits per heavy atom. The first kappa shape index (κ1) is 38.7. The number of benzene rings is 6. The van der Waals surface area contributed by atoms with Gasteiger partial charge in [0.2, 0.25) is 0 Å². The van der Waals surface area contributed by atoms with Crippen molar-refractivity contribution < 1.29 is 28.5 Å². The Labute approximate surface area is 342 Å². The third kappa shape index (κ3) is 9.50. The van der Waals surface area contributed by atoms with Crippen molar-refractivity contribution >= 4 is 23.5 Å². The van der Waals surface area contributed by atoms with Crippen molar-refractivity contribution in [1.82, 2.24) is 10.3 Å². The molecule has 8 rings (SSSR count). The van der Waals surface area contributed by atoms with E-state index in [2.05, 4.69) is 17.6 Å². The van der Waals surface area contributed by atoms with Gasteiger partial charge in [0, 0.05) is 40.6 Å². The Hall–Kier alpha value is -6.17. The van der Waals surface area contributed by atoms with Gasteiger partial charge in [-0.2, -0.15) is 0 Å². The van der Waals surface area contributed by atoms with E-state index in [-0.39, 0.29) is 30.8 Å². The van der Waals surface area contributed by atoms with Crippen LogP contribution < -0.4 is 15.4 Å². The Kier molecular flexibility index (Phi) is 12.3. The first-order chi connectivity index (χ1) is 28.5. The number of thioether (sulfide) groups is 1. The van der Waals surface area contributed by atoms with Crippen LogP contribution in [0.5, 0.6) is 11.5 Å². The summed E-state index contributed by atoms with van der Waals surface area (Å²) in [5, 5.41) is 16.0. The van der Waals surface area contributed by atoms with Crippen molar-refractivity contribution in [3.8, 4) is 34.1 Å². The van der Waals surface area contributed by atoms with E-state index in [0.717, 1.165) is 50.6 Å². The number of para-hydroxylation sites is 1. The zero-order valence-electron chi connectivity index (χ0n) is 31.9. The minimum Gasteiger partial charge on any atom is -0.457 e. The summed E-state index contributed by atoms with van der Waals surface area (Å²) in [6.45, 7) is 2.44. The molecule has 7 aromatic rings. The topological polar surface area (TPSA) is 115 Å². The Morgan fingerprint density at radius 1 is 0.707 bits per heavy atom. The standard InChI is InChI=1S/C48H43N3O6S/c1-32-42(31-58-48-51-43(35-11-5-2-6-12-35)45(57-48)36-13-7-3-8-14-36)55-46(56-44(32)37-21-19-34(30-52)20-22-37)38-23-17-33(18-24-38)29-49-47(53)50-39-25-27-41(28-26-39)54-40-15-9-4-10-16-40/h2-28,32,42,44,46,52H,29-31H2,1H3,(H2,49,50,53)/t32-,42+,44+,46+/m0/s1. The minimum atomic E-state index is -0.646. The normalized spacial score (nSPS) is 17.7. The number of hydrogen-bond donors (Lipinski definition) is 3. The zero-order chi connectivity index (χ0) is 39.7. The first-order valence-corrected chi connectivity index (χ1v) is 20.2. The summed E-state index contributed by atoms with van der Waals surface area (Å²) >= 11 is 1.52. The number of oxazole rings is 1. The van der Waals surface area contributed by atoms with Crippen molar-refractivity contribution in [3.63, 3.8) is 0 Å². The van der Waals surface area contributed by atoms with E-state index in [4.69, 9.17) is 23.6 Å². The van der Waals surface area contributed by atoms with Crippen LogP contribution in [-0.4, -0.2) is 28.0 Å². The van der Waals surface area contributed by atoms with E-state index in [0.29, 0.717) is 29.0 Å². The van der Waals surface area contributed by atoms with E-state index in [1.54, 1.807) is 12.1 Å². The molecule has 292 valence electrons. The van der Waals surface area contributed by atoms with Crippen molar-refractivity contribution in [3.05, 3.63) is 186 Å². The molecule has 3 N–H and O–H groups in total. The quantitative estimate of drug-likeness (QED) is 0.0989. The van der Waals surface area contributed by atoms with E-state index in [1.165, 1.54) is 11.8 Å². The van der Waals surface area contributed by atoms with Crippen LogP contribution in [0, 0.1) is 5.92 Å². The van der Waals surface area contributed by atoms with Gasteiger partial charge in [0.25, 0.3) is 5.22 Å². The molecule has 1 aliphatic rings. The van der Waals surface area contributed by atoms with Crippen LogP contribution in [0.4, 0.5) is 10.5 Å². The van der Waals surface area contributed by atoms with Gasteiger partial charge in [0.1, 0.15) is 17.2 Å². The third-order valence-corrected chi connectivity index (χ3v) is 10.9. The summed E-state index contributed by atoms with van der Waals surface area (Å²) in [4.78, 5) is 17.7. The van der Waals surface area contributed by atoms with Crippen LogP contribution in [0.3, 0.4) is 0 Å². The van der Waals surface area contributed by atoms with Gasteiger partial charge < -0.3 is 34.4 Å². The minimum absolute atomic E-state index is 0.0181. The molecule has 0 saturated carbocycles. The molecule has 0 unspecified atom stereocenters. The fourth-order valence-corrected chi connectivity index (χ4v) is 7.77. The van der Waals surface area contributed by atoms with Gasteiger partial charge in [0.05, 0.1) is 18.8 Å². The average Bonchev–Trinajstić information content (AvgIpc) is 3.72. The number of nitrogens with zero attached hydrogens (tertiary/aromatic N) is 1. The predicted octanol–water partition coefficient (Wildman–Crippen LogP) is 11.2. The predicted molar refractivity (Wildman–Crippen MR) is 226 cm³/mol. The molecule has 2 amide bonds. The highest BCUT2D eigenvalue weighted by molar-refractivity contribution is 7.99. The Morgan fingerprint density at radius 3 is 1.98 bits per heavy atom. The number of nitrogens with one attached hydrogen (secondary N) is 2. The van der Waals surface area contributed by atoms with E-state index in [1.807, 2.05) is 152 Å². The zero-order valence-corrected chi connectivity index (χ0v) is 32.7. The van der Waals surface area contributed by atoms with Gasteiger partial charge in [-0.15, -0.1) is 0 Å². The molecule has 4 atom stereocenters. The summed E-state index contributed by atoms with van der Waals surface area (Å²) < 4.78 is 25.7. The van der Waals surface area contributed by atoms with Gasteiger partial charge in [-0.05, 0) is 53.1 Å². The number of rotatable bonds is 13. The molecular formula is C48H43N3O6S. The lowest BCUT2D eigenvalue weighted by molar-refractivity contribution is -0.268. The van der Waals surface area contributed by atoms with Gasteiger partial charge in [-0.25, -0.2) is 9.78 Å². The molecular weight excluding hydrogens is 747 g/mol. The maximum atomic E-state index is 12.8. The lowest BCUT2D eigenvalue weighted by atomic mass is 9.91. The van der Waals surface area contributed by atoms with Gasteiger partial charge in [-0.3, -0.25) is 0 Å². The number of anilines is 1. The summed E-state index contributed by atoms with van der Waals surface area (Å²) in [6.07, 6.45) is -1.14. The highest BCUT2D eigenvalue weighted by Crippen LogP contribution is 2.44. The number of aliphatic hydroxyl groups excluding tert-OH is 1. The number of urea groups is 1. The second-order valence-corrected chi connectivity index (χ2v) is 15.0. The number of carbonyl (C=O) groups excluding carboxylic acids is 1. The number of ether oxygens (including phenoxy) is 3. The highest BCUT2D eigenvalue weighted by Gasteiger charge is 2.38. The summed E-state index contributed by atoms with van der Waals surface area (Å²) in [7, 11) is 0. The lowest BCUT2D eigenvalue weighted by Crippen LogP contribution is -2.38. The third-order valence-electron chi connectivity index (χ3n) is 9.98. The first-order valence-electron chi connectivity index (χ1n) is 19.2. The van der Waals surface area contributed by atoms with Gasteiger partial charge in [-0.1, -0.05) is 146 Å². The summed E-state index contributed by atoms with van der Waals surface area (Å²) in [6, 6.07) is 52.3. The average molecular weight is 790 g/mol. The van der Waals surface area contributed by atoms with Crippen molar-refractivity contribution in [2.24, 2.45) is 5.92 Å². The maximum Gasteiger partial charge on any atom is 0.319 e. The number of aromatic nitrogens is 1. The number of amides is 2. The molecule has 1 saturated heterocycles. The molecule has 1 aliphatic heterocycles. The Bertz CT molecular complexity index is 2320. The Balaban J connectivity index is 0.938. The fraction of sp³-hybridized carbons (Fsp3) is 0.167. The summed E-state index contributed by atoms with van der Waals surface area (Å²) in [5.41, 5.74) is 7.02. The molecule has 0 bridgehead atoms. The summed E-state index contributed by atoms with van der Waals surface area (Å²) in [5.74, 6) is 2.71. The molecule has 0 spiro atoms. The van der Waals surface area contributed by atoms with Crippen LogP contribution in [0.25, 0.3) is 22.6 Å². The van der Waals surface area contributed by atoms with E-state index >= 15 is 0 Å². The molecule has 0 radical (unpaired) electrons. The van der Waals surface area contributed by atoms with Gasteiger partial charge in [0.15, 0.2) is 12.1 Å². The van der Waals surface area contributed by atoms with Crippen molar-refractivity contribution in [2.75, 3.05) is 11.1 Å². The van der Waals surface area contributed by atoms with E-state index in [9.17, 15) is 9.90 Å². The second-order valence-electron chi connectivity index (χ2n) is 14.0. The maximum absolute atomic E-state index is 12.8. The van der Waals surface area contributed by atoms with Gasteiger partial charge >= 0.3 is 6.03 Å². The number of aliphatic hydroxyl groups is 1. The van der Waals surface area contributed by atoms with Crippen LogP contribution in [0.15, 0.2) is 173 Å². The fourth-order valence-electron chi connectivity index (χ4n) is 6.78. The number of hydrogen-bond acceptors (Lipinski definition) is 8. The lowest BCUT2D eigenvalue weighted by Gasteiger charge is -2.41. The van der Waals surface area contributed by atoms with E-state index < -0.39 is 6.29 Å². The molecule has 1 fully saturated rings. The van der Waals surface area contributed by atoms with Crippen molar-refractivity contribution in [2.45, 2.75) is 43.8 Å². The monoisotopic (exact) mass is 789 g/mol. The van der Waals surface area contributed by atoms with Crippen LogP contribution in [-0.2, 0) is 22.6 Å². The molecule has 0 aliphatic carbocycles. The largest absolute Gasteiger partial charge is 0.457 e. The molecule has 6 aromatic carbocycles. The molecule has 10 heteroatoms. The SMILES string of the molecule is C[C@H]1[C@@H](CSc2nc(-c3ccccc3)c(-c3ccccc3)o2)O[C@@H](c2ccc(CNC(=O)Nc3ccc(Oc4ccccc4)cc3)cc2)O[C@H]1c1ccc(CO)cc1. The molecule has 1 aromatic heterocycles. The molecule has 58 heavy (non-hydrogen) atoms. The molecule has 9 nitrogen and oxygen atoms in total. The van der Waals surface area contributed by atoms with Crippen LogP contribution in [0.2, 0.25) is 0 Å².